The van der Waals surface area contributed by atoms with Crippen LogP contribution in [0.1, 0.15) is 23.0 Å². The molecule has 6 N–H and O–H groups in total. The SMILES string of the molecule is C/C(=N\N=C(N)NO)c1ccc(NC(=O)c2cc3cccc([N+](=O)[O-])c3[nH]2)cc1. The number of nitrogens with zero attached hydrogens (tertiary/aromatic N) is 3. The van der Waals surface area contributed by atoms with Crippen molar-refractivity contribution in [3.63, 3.8) is 0 Å². The zero-order valence-electron chi connectivity index (χ0n) is 15.2. The molecule has 0 saturated carbocycles. The second kappa shape index (κ2) is 8.19. The standard InChI is InChI=1S/C18H17N7O4/c1-10(22-23-18(19)24-27)11-5-7-13(8-6-11)20-17(26)14-9-12-3-2-4-15(25(28)29)16(12)21-14/h2-9,21,27H,1H3,(H,20,26)(H3,19,23,24)/b22-10+. The van der Waals surface area contributed by atoms with Crippen molar-refractivity contribution in [1.82, 2.24) is 10.5 Å². The minimum atomic E-state index is -0.503. The number of nitro benzene ring substituents is 1. The van der Waals surface area contributed by atoms with Crippen molar-refractivity contribution in [2.45, 2.75) is 6.92 Å². The first-order chi connectivity index (χ1) is 13.9. The summed E-state index contributed by atoms with van der Waals surface area (Å²) in [6.07, 6.45) is 0. The van der Waals surface area contributed by atoms with Crippen molar-refractivity contribution in [1.29, 1.82) is 0 Å². The Labute approximate surface area is 164 Å². The Morgan fingerprint density at radius 3 is 2.59 bits per heavy atom. The van der Waals surface area contributed by atoms with E-state index < -0.39 is 10.8 Å². The number of hydrogen-bond acceptors (Lipinski definition) is 6. The molecule has 29 heavy (non-hydrogen) atoms. The zero-order chi connectivity index (χ0) is 21.0. The Hall–Kier alpha value is -4.25. The maximum atomic E-state index is 12.5. The van der Waals surface area contributed by atoms with E-state index in [-0.39, 0.29) is 17.3 Å². The van der Waals surface area contributed by atoms with Crippen molar-refractivity contribution in [2.75, 3.05) is 5.32 Å². The summed E-state index contributed by atoms with van der Waals surface area (Å²) in [5, 5.41) is 30.4. The number of guanidine groups is 1. The largest absolute Gasteiger partial charge is 0.367 e. The minimum absolute atomic E-state index is 0.0969. The number of para-hydroxylation sites is 1. The summed E-state index contributed by atoms with van der Waals surface area (Å²) in [6.45, 7) is 1.71. The Morgan fingerprint density at radius 1 is 1.21 bits per heavy atom. The molecule has 11 heteroatoms. The molecule has 1 aromatic heterocycles. The molecule has 0 atom stereocenters. The Morgan fingerprint density at radius 2 is 1.93 bits per heavy atom. The quantitative estimate of drug-likeness (QED) is 0.192. The van der Waals surface area contributed by atoms with Crippen molar-refractivity contribution < 1.29 is 14.9 Å². The van der Waals surface area contributed by atoms with E-state index in [0.717, 1.165) is 5.56 Å². The van der Waals surface area contributed by atoms with Crippen LogP contribution in [0.2, 0.25) is 0 Å². The summed E-state index contributed by atoms with van der Waals surface area (Å²) in [5.41, 5.74) is 9.16. The second-order valence-electron chi connectivity index (χ2n) is 6.00. The third-order valence-corrected chi connectivity index (χ3v) is 4.06. The van der Waals surface area contributed by atoms with Crippen molar-refractivity contribution in [3.05, 3.63) is 69.9 Å². The maximum Gasteiger partial charge on any atom is 0.293 e. The molecule has 3 aromatic rings. The number of nitrogens with two attached hydrogens (primary N) is 1. The highest BCUT2D eigenvalue weighted by atomic mass is 16.6. The molecule has 2 aromatic carbocycles. The van der Waals surface area contributed by atoms with Crippen LogP contribution in [0.25, 0.3) is 10.9 Å². The lowest BCUT2D eigenvalue weighted by molar-refractivity contribution is -0.383. The number of benzene rings is 2. The lowest BCUT2D eigenvalue weighted by atomic mass is 10.1. The first kappa shape index (κ1) is 19.5. The number of aromatic amines is 1. The van der Waals surface area contributed by atoms with Crippen molar-refractivity contribution in [3.8, 4) is 0 Å². The van der Waals surface area contributed by atoms with E-state index in [2.05, 4.69) is 20.5 Å². The number of aromatic nitrogens is 1. The maximum absolute atomic E-state index is 12.5. The zero-order valence-corrected chi connectivity index (χ0v) is 15.2. The summed E-state index contributed by atoms with van der Waals surface area (Å²) in [5.74, 6) is -0.674. The molecule has 0 saturated heterocycles. The van der Waals surface area contributed by atoms with Gasteiger partial charge in [0, 0.05) is 17.1 Å². The van der Waals surface area contributed by atoms with Gasteiger partial charge in [-0.15, -0.1) is 5.10 Å². The summed E-state index contributed by atoms with van der Waals surface area (Å²) < 4.78 is 0. The number of carbonyl (C=O) groups is 1. The predicted molar refractivity (Wildman–Crippen MR) is 108 cm³/mol. The number of nitrogens with one attached hydrogen (secondary N) is 3. The highest BCUT2D eigenvalue weighted by molar-refractivity contribution is 6.07. The molecule has 0 aliphatic rings. The number of nitro groups is 1. The average molecular weight is 395 g/mol. The van der Waals surface area contributed by atoms with Crippen LogP contribution in [0.3, 0.4) is 0 Å². The molecular weight excluding hydrogens is 378 g/mol. The third-order valence-electron chi connectivity index (χ3n) is 4.06. The van der Waals surface area contributed by atoms with Crippen LogP contribution in [0.4, 0.5) is 11.4 Å². The predicted octanol–water partition coefficient (Wildman–Crippen LogP) is 2.35. The number of carbonyl (C=O) groups excluding carboxylic acids is 1. The van der Waals surface area contributed by atoms with E-state index in [1.165, 1.54) is 6.07 Å². The van der Waals surface area contributed by atoms with Crippen molar-refractivity contribution >= 4 is 39.9 Å². The van der Waals surface area contributed by atoms with Crippen LogP contribution in [0, 0.1) is 10.1 Å². The third kappa shape index (κ3) is 4.36. The molecular formula is C18H17N7O4. The van der Waals surface area contributed by atoms with E-state index in [9.17, 15) is 14.9 Å². The van der Waals surface area contributed by atoms with E-state index in [0.29, 0.717) is 22.3 Å². The molecule has 148 valence electrons. The molecule has 1 amide bonds. The lowest BCUT2D eigenvalue weighted by Crippen LogP contribution is -2.27. The number of H-pyrrole nitrogens is 1. The fourth-order valence-electron chi connectivity index (χ4n) is 2.62. The van der Waals surface area contributed by atoms with Gasteiger partial charge in [0.15, 0.2) is 0 Å². The molecule has 11 nitrogen and oxygen atoms in total. The lowest BCUT2D eigenvalue weighted by Gasteiger charge is -2.05. The van der Waals surface area contributed by atoms with Gasteiger partial charge in [-0.1, -0.05) is 24.3 Å². The molecule has 3 rings (SSSR count). The molecule has 0 aliphatic carbocycles. The van der Waals surface area contributed by atoms with Gasteiger partial charge in [0.05, 0.1) is 10.6 Å². The molecule has 0 fully saturated rings. The van der Waals surface area contributed by atoms with E-state index in [1.54, 1.807) is 54.9 Å². The first-order valence-electron chi connectivity index (χ1n) is 8.35. The van der Waals surface area contributed by atoms with Gasteiger partial charge in [-0.2, -0.15) is 5.10 Å². The molecule has 0 bridgehead atoms. The Bertz CT molecular complexity index is 1130. The van der Waals surface area contributed by atoms with E-state index in [4.69, 9.17) is 10.9 Å². The number of anilines is 1. The van der Waals surface area contributed by atoms with Crippen LogP contribution < -0.4 is 16.5 Å². The summed E-state index contributed by atoms with van der Waals surface area (Å²) in [7, 11) is 0. The van der Waals surface area contributed by atoms with Gasteiger partial charge in [0.2, 0.25) is 5.96 Å². The average Bonchev–Trinajstić information content (AvgIpc) is 3.16. The molecule has 0 unspecified atom stereocenters. The van der Waals surface area contributed by atoms with Gasteiger partial charge in [0.1, 0.15) is 11.2 Å². The Balaban J connectivity index is 1.77. The number of amides is 1. The van der Waals surface area contributed by atoms with Crippen LogP contribution in [-0.2, 0) is 0 Å². The fourth-order valence-corrected chi connectivity index (χ4v) is 2.62. The first-order valence-corrected chi connectivity index (χ1v) is 8.35. The van der Waals surface area contributed by atoms with Gasteiger partial charge in [-0.05, 0) is 30.7 Å². The van der Waals surface area contributed by atoms with Gasteiger partial charge in [0.25, 0.3) is 11.6 Å². The Kier molecular flexibility index (Phi) is 5.51. The van der Waals surface area contributed by atoms with Gasteiger partial charge >= 0.3 is 0 Å². The summed E-state index contributed by atoms with van der Waals surface area (Å²) >= 11 is 0. The normalized spacial score (nSPS) is 12.1. The number of hydroxylamine groups is 1. The number of fused-ring (bicyclic) bond motifs is 1. The smallest absolute Gasteiger partial charge is 0.293 e. The number of rotatable bonds is 5. The molecule has 0 aliphatic heterocycles. The van der Waals surface area contributed by atoms with E-state index in [1.807, 2.05) is 0 Å². The topological polar surface area (TPSA) is 171 Å². The van der Waals surface area contributed by atoms with Crippen LogP contribution >= 0.6 is 0 Å². The van der Waals surface area contributed by atoms with Crippen molar-refractivity contribution in [2.24, 2.45) is 15.9 Å². The summed E-state index contributed by atoms with van der Waals surface area (Å²) in [4.78, 5) is 25.9. The van der Waals surface area contributed by atoms with Crippen LogP contribution in [0.5, 0.6) is 0 Å². The van der Waals surface area contributed by atoms with Gasteiger partial charge in [-0.25, -0.2) is 5.48 Å². The van der Waals surface area contributed by atoms with Crippen LogP contribution in [-0.4, -0.2) is 32.7 Å². The number of non-ortho nitro benzene ring substituents is 1. The fraction of sp³-hybridized carbons (Fsp3) is 0.0556. The molecule has 0 spiro atoms. The minimum Gasteiger partial charge on any atom is -0.367 e. The van der Waals surface area contributed by atoms with Gasteiger partial charge in [-0.3, -0.25) is 20.1 Å². The van der Waals surface area contributed by atoms with Gasteiger partial charge < -0.3 is 16.0 Å². The monoisotopic (exact) mass is 395 g/mol. The molecule has 0 radical (unpaired) electrons. The summed E-state index contributed by atoms with van der Waals surface area (Å²) in [6, 6.07) is 13.0. The van der Waals surface area contributed by atoms with Crippen LogP contribution in [0.15, 0.2) is 58.7 Å². The second-order valence-corrected chi connectivity index (χ2v) is 6.00. The highest BCUT2D eigenvalue weighted by Gasteiger charge is 2.17. The number of hydrogen-bond donors (Lipinski definition) is 5. The molecule has 1 heterocycles. The highest BCUT2D eigenvalue weighted by Crippen LogP contribution is 2.25. The van der Waals surface area contributed by atoms with E-state index >= 15 is 0 Å².